The van der Waals surface area contributed by atoms with Crippen molar-refractivity contribution in [3.05, 3.63) is 23.5 Å². The number of amides is 1. The smallest absolute Gasteiger partial charge is 0.241 e. The van der Waals surface area contributed by atoms with Gasteiger partial charge >= 0.3 is 0 Å². The molecule has 5 heteroatoms. The summed E-state index contributed by atoms with van der Waals surface area (Å²) in [6, 6.07) is 0. The number of carbonyl (C=O) groups is 1. The van der Waals surface area contributed by atoms with Gasteiger partial charge in [-0.3, -0.25) is 14.7 Å². The van der Waals surface area contributed by atoms with Crippen LogP contribution in [0.15, 0.2) is 28.5 Å². The molecule has 104 valence electrons. The van der Waals surface area contributed by atoms with Crippen LogP contribution in [-0.4, -0.2) is 59.3 Å². The van der Waals surface area contributed by atoms with E-state index in [9.17, 15) is 9.90 Å². The van der Waals surface area contributed by atoms with Gasteiger partial charge in [0.05, 0.1) is 24.6 Å². The highest BCUT2D eigenvalue weighted by atomic mass is 16.3. The van der Waals surface area contributed by atoms with E-state index in [0.29, 0.717) is 19.6 Å². The maximum Gasteiger partial charge on any atom is 0.241 e. The summed E-state index contributed by atoms with van der Waals surface area (Å²) in [4.78, 5) is 20.2. The van der Waals surface area contributed by atoms with Gasteiger partial charge in [-0.2, -0.15) is 0 Å². The summed E-state index contributed by atoms with van der Waals surface area (Å²) in [7, 11) is 0. The number of aliphatic imine (C=N–C) groups is 1. The van der Waals surface area contributed by atoms with Crippen LogP contribution in [0.4, 0.5) is 0 Å². The molecule has 0 aromatic carbocycles. The second kappa shape index (κ2) is 6.12. The van der Waals surface area contributed by atoms with Crippen molar-refractivity contribution in [1.29, 1.82) is 0 Å². The Hall–Kier alpha value is -1.46. The minimum atomic E-state index is -0.398. The van der Waals surface area contributed by atoms with Crippen LogP contribution in [0.2, 0.25) is 0 Å². The van der Waals surface area contributed by atoms with Gasteiger partial charge in [0.25, 0.3) is 0 Å². The number of piperazine rings is 1. The fraction of sp³-hybridized carbons (Fsp3) is 0.571. The van der Waals surface area contributed by atoms with Crippen LogP contribution in [0.5, 0.6) is 0 Å². The molecule has 0 spiro atoms. The van der Waals surface area contributed by atoms with E-state index in [1.807, 2.05) is 24.0 Å². The summed E-state index contributed by atoms with van der Waals surface area (Å²) in [5.41, 5.74) is 1.86. The second-order valence-corrected chi connectivity index (χ2v) is 5.10. The molecule has 0 radical (unpaired) electrons. The highest BCUT2D eigenvalue weighted by molar-refractivity contribution is 5.90. The first-order chi connectivity index (χ1) is 9.06. The minimum absolute atomic E-state index is 0.0733. The molecule has 1 fully saturated rings. The van der Waals surface area contributed by atoms with E-state index >= 15 is 0 Å². The molecule has 2 aliphatic heterocycles. The maximum atomic E-state index is 12.2. The summed E-state index contributed by atoms with van der Waals surface area (Å²) in [6.07, 6.45) is 6.24. The molecule has 0 saturated carbocycles. The molecular formula is C14H21N3O2. The lowest BCUT2D eigenvalue weighted by Gasteiger charge is -2.35. The van der Waals surface area contributed by atoms with Crippen molar-refractivity contribution >= 4 is 12.1 Å². The molecular weight excluding hydrogens is 242 g/mol. The standard InChI is InChI=1S/C14H21N3O2/c1-11-4-3-5-13(8-15-11)17-7-6-16(9-12(2)18)10-14(17)19/h4-5,8,12,18H,3,6-7,9-10H2,1-2H3. The molecule has 1 atom stereocenters. The summed E-state index contributed by atoms with van der Waals surface area (Å²) in [6.45, 7) is 6.05. The van der Waals surface area contributed by atoms with E-state index in [1.54, 1.807) is 18.0 Å². The monoisotopic (exact) mass is 263 g/mol. The first-order valence-corrected chi connectivity index (χ1v) is 6.68. The Labute approximate surface area is 113 Å². The van der Waals surface area contributed by atoms with Crippen molar-refractivity contribution in [2.24, 2.45) is 4.99 Å². The SMILES string of the molecule is CC1=CCC=C(N2CCN(CC(C)O)CC2=O)C=N1. The zero-order chi connectivity index (χ0) is 13.8. The van der Waals surface area contributed by atoms with Crippen molar-refractivity contribution in [2.75, 3.05) is 26.2 Å². The molecule has 2 aliphatic rings. The Morgan fingerprint density at radius 1 is 1.42 bits per heavy atom. The molecule has 1 N–H and O–H groups in total. The van der Waals surface area contributed by atoms with Crippen molar-refractivity contribution in [3.8, 4) is 0 Å². The Balaban J connectivity index is 1.99. The Bertz CT molecular complexity index is 438. The van der Waals surface area contributed by atoms with E-state index in [0.717, 1.165) is 24.4 Å². The third-order valence-electron chi connectivity index (χ3n) is 3.27. The van der Waals surface area contributed by atoms with Gasteiger partial charge in [0, 0.05) is 25.3 Å². The molecule has 1 saturated heterocycles. The number of aliphatic hydroxyl groups is 1. The molecule has 1 unspecified atom stereocenters. The van der Waals surface area contributed by atoms with E-state index < -0.39 is 6.10 Å². The molecule has 0 bridgehead atoms. The lowest BCUT2D eigenvalue weighted by Crippen LogP contribution is -2.51. The quantitative estimate of drug-likeness (QED) is 0.818. The average molecular weight is 263 g/mol. The van der Waals surface area contributed by atoms with Gasteiger partial charge in [0.1, 0.15) is 0 Å². The first kappa shape index (κ1) is 14.0. The highest BCUT2D eigenvalue weighted by Gasteiger charge is 2.26. The lowest BCUT2D eigenvalue weighted by atomic mass is 10.2. The third-order valence-corrected chi connectivity index (χ3v) is 3.27. The predicted octanol–water partition coefficient (Wildman–Crippen LogP) is 0.774. The van der Waals surface area contributed by atoms with Crippen LogP contribution in [0, 0.1) is 0 Å². The lowest BCUT2D eigenvalue weighted by molar-refractivity contribution is -0.133. The number of rotatable bonds is 3. The predicted molar refractivity (Wildman–Crippen MR) is 74.8 cm³/mol. The molecule has 0 aromatic heterocycles. The largest absolute Gasteiger partial charge is 0.392 e. The van der Waals surface area contributed by atoms with Gasteiger partial charge in [-0.15, -0.1) is 0 Å². The van der Waals surface area contributed by atoms with Gasteiger partial charge < -0.3 is 10.0 Å². The van der Waals surface area contributed by atoms with Crippen molar-refractivity contribution in [2.45, 2.75) is 26.4 Å². The fourth-order valence-electron chi connectivity index (χ4n) is 2.33. The van der Waals surface area contributed by atoms with Crippen LogP contribution in [-0.2, 0) is 4.79 Å². The molecule has 1 amide bonds. The molecule has 5 nitrogen and oxygen atoms in total. The molecule has 2 heterocycles. The van der Waals surface area contributed by atoms with Gasteiger partial charge in [0.15, 0.2) is 0 Å². The van der Waals surface area contributed by atoms with Crippen molar-refractivity contribution < 1.29 is 9.90 Å². The number of carbonyl (C=O) groups excluding carboxylic acids is 1. The van der Waals surface area contributed by atoms with Crippen molar-refractivity contribution in [3.63, 3.8) is 0 Å². The summed E-state index contributed by atoms with van der Waals surface area (Å²) < 4.78 is 0. The first-order valence-electron chi connectivity index (χ1n) is 6.68. The van der Waals surface area contributed by atoms with Crippen LogP contribution in [0.1, 0.15) is 20.3 Å². The number of allylic oxidation sites excluding steroid dienone is 4. The van der Waals surface area contributed by atoms with Gasteiger partial charge in [-0.05, 0) is 20.3 Å². The van der Waals surface area contributed by atoms with Crippen LogP contribution < -0.4 is 0 Å². The summed E-state index contributed by atoms with van der Waals surface area (Å²) in [5, 5.41) is 9.37. The van der Waals surface area contributed by atoms with Crippen LogP contribution in [0.3, 0.4) is 0 Å². The Kier molecular flexibility index (Phi) is 4.50. The Morgan fingerprint density at radius 2 is 2.21 bits per heavy atom. The zero-order valence-electron chi connectivity index (χ0n) is 11.5. The van der Waals surface area contributed by atoms with E-state index in [4.69, 9.17) is 0 Å². The number of nitrogens with zero attached hydrogens (tertiary/aromatic N) is 3. The van der Waals surface area contributed by atoms with E-state index in [2.05, 4.69) is 4.99 Å². The topological polar surface area (TPSA) is 56.1 Å². The number of hydrogen-bond donors (Lipinski definition) is 1. The molecule has 0 aromatic rings. The highest BCUT2D eigenvalue weighted by Crippen LogP contribution is 2.14. The van der Waals surface area contributed by atoms with Crippen LogP contribution >= 0.6 is 0 Å². The number of aliphatic hydroxyl groups excluding tert-OH is 1. The second-order valence-electron chi connectivity index (χ2n) is 5.10. The Morgan fingerprint density at radius 3 is 2.89 bits per heavy atom. The van der Waals surface area contributed by atoms with E-state index in [-0.39, 0.29) is 5.91 Å². The fourth-order valence-corrected chi connectivity index (χ4v) is 2.33. The average Bonchev–Trinajstić information content (AvgIpc) is 2.54. The minimum Gasteiger partial charge on any atom is -0.392 e. The van der Waals surface area contributed by atoms with Gasteiger partial charge in [-0.1, -0.05) is 12.2 Å². The number of β-amino-alcohol motifs (C(OH)–C–C–N with tert-alkyl or cyclic N) is 1. The molecule has 19 heavy (non-hydrogen) atoms. The zero-order valence-corrected chi connectivity index (χ0v) is 11.5. The normalized spacial score (nSPS) is 22.9. The third kappa shape index (κ3) is 3.75. The number of hydrogen-bond acceptors (Lipinski definition) is 4. The van der Waals surface area contributed by atoms with E-state index in [1.165, 1.54) is 0 Å². The summed E-state index contributed by atoms with van der Waals surface area (Å²) >= 11 is 0. The van der Waals surface area contributed by atoms with Crippen LogP contribution in [0.25, 0.3) is 0 Å². The van der Waals surface area contributed by atoms with Gasteiger partial charge in [0.2, 0.25) is 5.91 Å². The maximum absolute atomic E-state index is 12.2. The molecule has 2 rings (SSSR count). The van der Waals surface area contributed by atoms with Crippen molar-refractivity contribution in [1.82, 2.24) is 9.80 Å². The summed E-state index contributed by atoms with van der Waals surface area (Å²) in [5.74, 6) is 0.0733. The van der Waals surface area contributed by atoms with Gasteiger partial charge in [-0.25, -0.2) is 0 Å². The molecule has 0 aliphatic carbocycles.